The zero-order chi connectivity index (χ0) is 14.3. The summed E-state index contributed by atoms with van der Waals surface area (Å²) >= 11 is 0. The van der Waals surface area contributed by atoms with Crippen LogP contribution in [0.3, 0.4) is 0 Å². The zero-order valence-corrected chi connectivity index (χ0v) is 12.1. The SMILES string of the molecule is CC(C)OCC(=Cc1ccccc1)C(=O)OC(C)C. The third kappa shape index (κ3) is 6.20. The molecule has 1 rings (SSSR count). The van der Waals surface area contributed by atoms with Crippen LogP contribution in [-0.4, -0.2) is 24.8 Å². The highest BCUT2D eigenvalue weighted by atomic mass is 16.5. The summed E-state index contributed by atoms with van der Waals surface area (Å²) in [6, 6.07) is 9.69. The Hall–Kier alpha value is -1.61. The predicted octanol–water partition coefficient (Wildman–Crippen LogP) is 3.45. The van der Waals surface area contributed by atoms with Crippen molar-refractivity contribution in [1.29, 1.82) is 0 Å². The summed E-state index contributed by atoms with van der Waals surface area (Å²) in [5, 5.41) is 0. The first kappa shape index (κ1) is 15.4. The normalized spacial score (nSPS) is 12.0. The zero-order valence-electron chi connectivity index (χ0n) is 12.1. The second-order valence-corrected chi connectivity index (χ2v) is 4.89. The largest absolute Gasteiger partial charge is 0.460 e. The second kappa shape index (κ2) is 7.74. The number of hydrogen-bond acceptors (Lipinski definition) is 3. The summed E-state index contributed by atoms with van der Waals surface area (Å²) in [7, 11) is 0. The van der Waals surface area contributed by atoms with E-state index >= 15 is 0 Å². The minimum atomic E-state index is -0.320. The Morgan fingerprint density at radius 2 is 1.74 bits per heavy atom. The van der Waals surface area contributed by atoms with E-state index in [-0.39, 0.29) is 24.8 Å². The fourth-order valence-electron chi connectivity index (χ4n) is 1.46. The fourth-order valence-corrected chi connectivity index (χ4v) is 1.46. The number of carbonyl (C=O) groups excluding carboxylic acids is 1. The van der Waals surface area contributed by atoms with Crippen molar-refractivity contribution < 1.29 is 14.3 Å². The molecule has 0 aliphatic carbocycles. The summed E-state index contributed by atoms with van der Waals surface area (Å²) in [6.45, 7) is 7.81. The maximum Gasteiger partial charge on any atom is 0.336 e. The van der Waals surface area contributed by atoms with Gasteiger partial charge in [-0.15, -0.1) is 0 Å². The van der Waals surface area contributed by atoms with Gasteiger partial charge in [0.2, 0.25) is 0 Å². The van der Waals surface area contributed by atoms with Crippen LogP contribution in [0.5, 0.6) is 0 Å². The van der Waals surface area contributed by atoms with Crippen molar-refractivity contribution in [1.82, 2.24) is 0 Å². The van der Waals surface area contributed by atoms with Crippen LogP contribution in [0.2, 0.25) is 0 Å². The summed E-state index contributed by atoms with van der Waals surface area (Å²) in [4.78, 5) is 12.0. The van der Waals surface area contributed by atoms with Crippen LogP contribution in [0.25, 0.3) is 6.08 Å². The molecule has 1 aromatic rings. The van der Waals surface area contributed by atoms with Gasteiger partial charge in [-0.1, -0.05) is 30.3 Å². The third-order valence-electron chi connectivity index (χ3n) is 2.32. The van der Waals surface area contributed by atoms with Gasteiger partial charge in [0, 0.05) is 0 Å². The average molecular weight is 262 g/mol. The molecular formula is C16H22O3. The first-order chi connectivity index (χ1) is 8.99. The lowest BCUT2D eigenvalue weighted by Gasteiger charge is -2.13. The number of ether oxygens (including phenoxy) is 2. The standard InChI is InChI=1S/C16H22O3/c1-12(2)18-11-15(16(17)19-13(3)4)10-14-8-6-5-7-9-14/h5-10,12-13H,11H2,1-4H3. The first-order valence-corrected chi connectivity index (χ1v) is 6.57. The number of hydrogen-bond donors (Lipinski definition) is 0. The average Bonchev–Trinajstić information content (AvgIpc) is 2.34. The minimum absolute atomic E-state index is 0.0750. The first-order valence-electron chi connectivity index (χ1n) is 6.57. The van der Waals surface area contributed by atoms with Crippen molar-refractivity contribution >= 4 is 12.0 Å². The molecular weight excluding hydrogens is 240 g/mol. The Morgan fingerprint density at radius 3 is 2.26 bits per heavy atom. The van der Waals surface area contributed by atoms with E-state index in [0.29, 0.717) is 5.57 Å². The lowest BCUT2D eigenvalue weighted by molar-refractivity contribution is -0.143. The van der Waals surface area contributed by atoms with Crippen LogP contribution in [0.15, 0.2) is 35.9 Å². The summed E-state index contributed by atoms with van der Waals surface area (Å²) in [5.41, 5.74) is 1.50. The van der Waals surface area contributed by atoms with Crippen LogP contribution >= 0.6 is 0 Å². The Kier molecular flexibility index (Phi) is 6.30. The van der Waals surface area contributed by atoms with Crippen molar-refractivity contribution in [3.63, 3.8) is 0 Å². The molecule has 0 fully saturated rings. The van der Waals surface area contributed by atoms with Crippen molar-refractivity contribution in [2.45, 2.75) is 39.9 Å². The Labute approximate surface area is 115 Å². The maximum atomic E-state index is 12.0. The smallest absolute Gasteiger partial charge is 0.336 e. The highest BCUT2D eigenvalue weighted by Crippen LogP contribution is 2.11. The van der Waals surface area contributed by atoms with Crippen molar-refractivity contribution in [3.8, 4) is 0 Å². The highest BCUT2D eigenvalue weighted by Gasteiger charge is 2.13. The van der Waals surface area contributed by atoms with E-state index in [0.717, 1.165) is 5.56 Å². The van der Waals surface area contributed by atoms with Crippen LogP contribution < -0.4 is 0 Å². The van der Waals surface area contributed by atoms with Gasteiger partial charge in [0.1, 0.15) is 0 Å². The van der Waals surface area contributed by atoms with Gasteiger partial charge in [-0.25, -0.2) is 4.79 Å². The van der Waals surface area contributed by atoms with Gasteiger partial charge in [0.05, 0.1) is 24.4 Å². The second-order valence-electron chi connectivity index (χ2n) is 4.89. The molecule has 0 N–H and O–H groups in total. The Morgan fingerprint density at radius 1 is 1.11 bits per heavy atom. The van der Waals surface area contributed by atoms with E-state index in [9.17, 15) is 4.79 Å². The molecule has 0 aliphatic heterocycles. The van der Waals surface area contributed by atoms with Crippen LogP contribution in [0.1, 0.15) is 33.3 Å². The molecule has 1 aromatic carbocycles. The van der Waals surface area contributed by atoms with Crippen molar-refractivity contribution in [3.05, 3.63) is 41.5 Å². The molecule has 0 bridgehead atoms. The van der Waals surface area contributed by atoms with Gasteiger partial charge < -0.3 is 9.47 Å². The number of esters is 1. The van der Waals surface area contributed by atoms with Gasteiger partial charge in [0.25, 0.3) is 0 Å². The molecule has 0 saturated carbocycles. The Bertz CT molecular complexity index is 419. The van der Waals surface area contributed by atoms with Crippen molar-refractivity contribution in [2.75, 3.05) is 6.61 Å². The molecule has 19 heavy (non-hydrogen) atoms. The van der Waals surface area contributed by atoms with E-state index in [1.807, 2.05) is 64.1 Å². The molecule has 0 amide bonds. The lowest BCUT2D eigenvalue weighted by atomic mass is 10.1. The molecule has 3 nitrogen and oxygen atoms in total. The molecule has 0 atom stereocenters. The van der Waals surface area contributed by atoms with Gasteiger partial charge in [-0.3, -0.25) is 0 Å². The molecule has 0 saturated heterocycles. The summed E-state index contributed by atoms with van der Waals surface area (Å²) < 4.78 is 10.7. The molecule has 3 heteroatoms. The van der Waals surface area contributed by atoms with Gasteiger partial charge in [-0.2, -0.15) is 0 Å². The number of rotatable bonds is 6. The van der Waals surface area contributed by atoms with Gasteiger partial charge in [0.15, 0.2) is 0 Å². The highest BCUT2D eigenvalue weighted by molar-refractivity contribution is 5.94. The predicted molar refractivity (Wildman–Crippen MR) is 76.7 cm³/mol. The van der Waals surface area contributed by atoms with E-state index < -0.39 is 0 Å². The van der Waals surface area contributed by atoms with E-state index in [2.05, 4.69) is 0 Å². The molecule has 0 spiro atoms. The number of benzene rings is 1. The molecule has 0 heterocycles. The van der Waals surface area contributed by atoms with Crippen LogP contribution in [0.4, 0.5) is 0 Å². The summed E-state index contributed by atoms with van der Waals surface area (Å²) in [5.74, 6) is -0.320. The topological polar surface area (TPSA) is 35.5 Å². The van der Waals surface area contributed by atoms with E-state index in [1.165, 1.54) is 0 Å². The van der Waals surface area contributed by atoms with Gasteiger partial charge >= 0.3 is 5.97 Å². The monoisotopic (exact) mass is 262 g/mol. The molecule has 0 radical (unpaired) electrons. The molecule has 104 valence electrons. The van der Waals surface area contributed by atoms with E-state index in [4.69, 9.17) is 9.47 Å². The van der Waals surface area contributed by atoms with Crippen LogP contribution in [0, 0.1) is 0 Å². The molecule has 0 aliphatic rings. The summed E-state index contributed by atoms with van der Waals surface area (Å²) in [6.07, 6.45) is 1.75. The van der Waals surface area contributed by atoms with Crippen molar-refractivity contribution in [2.24, 2.45) is 0 Å². The van der Waals surface area contributed by atoms with Gasteiger partial charge in [-0.05, 0) is 39.3 Å². The minimum Gasteiger partial charge on any atom is -0.460 e. The molecule has 0 aromatic heterocycles. The third-order valence-corrected chi connectivity index (χ3v) is 2.32. The Balaban J connectivity index is 2.85. The lowest BCUT2D eigenvalue weighted by Crippen LogP contribution is -2.18. The number of carbonyl (C=O) groups is 1. The fraction of sp³-hybridized carbons (Fsp3) is 0.438. The maximum absolute atomic E-state index is 12.0. The quantitative estimate of drug-likeness (QED) is 0.582. The molecule has 0 unspecified atom stereocenters. The van der Waals surface area contributed by atoms with Crippen LogP contribution in [-0.2, 0) is 14.3 Å². The van der Waals surface area contributed by atoms with E-state index in [1.54, 1.807) is 0 Å².